The Kier molecular flexibility index (Phi) is 16.8. The van der Waals surface area contributed by atoms with E-state index in [4.69, 9.17) is 28.9 Å². The number of rotatable bonds is 14. The van der Waals surface area contributed by atoms with Gasteiger partial charge in [0.15, 0.2) is 0 Å². The topological polar surface area (TPSA) is 62.7 Å². The van der Waals surface area contributed by atoms with Crippen molar-refractivity contribution in [2.75, 3.05) is 37.2 Å². The van der Waals surface area contributed by atoms with Gasteiger partial charge in [-0.2, -0.15) is 23.5 Å². The van der Waals surface area contributed by atoms with Gasteiger partial charge in [-0.25, -0.2) is 0 Å². The van der Waals surface area contributed by atoms with E-state index < -0.39 is 0 Å². The highest BCUT2D eigenvalue weighted by atomic mass is 32.2. The quantitative estimate of drug-likeness (QED) is 0.0999. The summed E-state index contributed by atoms with van der Waals surface area (Å²) in [5, 5.41) is 0. The zero-order valence-corrected chi connectivity index (χ0v) is 46.3. The second-order valence-electron chi connectivity index (χ2n) is 23.1. The maximum atomic E-state index is 7.17. The molecule has 7 rings (SSSR count). The van der Waals surface area contributed by atoms with Crippen molar-refractivity contribution in [1.29, 1.82) is 0 Å². The van der Waals surface area contributed by atoms with Crippen molar-refractivity contribution in [3.63, 3.8) is 0 Å². The lowest BCUT2D eigenvalue weighted by atomic mass is 9.79. The summed E-state index contributed by atoms with van der Waals surface area (Å²) in [7, 11) is 0. The molecule has 0 N–H and O–H groups in total. The monoisotopic (exact) mass is 979 g/mol. The minimum Gasteiger partial charge on any atom is -0.492 e. The third-order valence-electron chi connectivity index (χ3n) is 13.2. The number of hydrogen-bond acceptors (Lipinski definition) is 8. The van der Waals surface area contributed by atoms with Crippen molar-refractivity contribution < 1.29 is 18.9 Å². The molecule has 0 saturated carbocycles. The normalized spacial score (nSPS) is 13.2. The van der Waals surface area contributed by atoms with E-state index >= 15 is 0 Å². The van der Waals surface area contributed by atoms with Crippen LogP contribution in [-0.2, 0) is 60.6 Å². The van der Waals surface area contributed by atoms with Gasteiger partial charge in [-0.05, 0) is 125 Å². The summed E-state index contributed by atoms with van der Waals surface area (Å²) < 4.78 is 28.5. The summed E-state index contributed by atoms with van der Waals surface area (Å²) in [6, 6.07) is 31.3. The van der Waals surface area contributed by atoms with Gasteiger partial charge in [0.1, 0.15) is 36.2 Å². The highest BCUT2D eigenvalue weighted by Crippen LogP contribution is 2.45. The third-order valence-corrected chi connectivity index (χ3v) is 14.4. The number of aromatic nitrogens is 2. The first kappa shape index (κ1) is 52.9. The van der Waals surface area contributed by atoms with Crippen LogP contribution in [0.4, 0.5) is 0 Å². The molecule has 0 aliphatic heterocycles. The minimum absolute atomic E-state index is 0.143. The summed E-state index contributed by atoms with van der Waals surface area (Å²) in [4.78, 5) is 9.43. The fraction of sp³-hybridized carbons (Fsp3) is 0.452. The Bertz CT molecular complexity index is 2440. The lowest BCUT2D eigenvalue weighted by Gasteiger charge is -2.29. The molecule has 1 aliphatic carbocycles. The summed E-state index contributed by atoms with van der Waals surface area (Å²) in [6.07, 6.45) is 10.4. The third kappa shape index (κ3) is 13.3. The van der Waals surface area contributed by atoms with Gasteiger partial charge >= 0.3 is 0 Å². The Balaban J connectivity index is 1.62. The molecule has 6 nitrogen and oxygen atoms in total. The van der Waals surface area contributed by atoms with Crippen LogP contribution in [0.15, 0.2) is 97.3 Å². The van der Waals surface area contributed by atoms with Crippen molar-refractivity contribution in [1.82, 2.24) is 9.97 Å². The summed E-state index contributed by atoms with van der Waals surface area (Å²) in [5.74, 6) is 5.42. The Morgan fingerprint density at radius 2 is 0.643 bits per heavy atom. The Labute approximate surface area is 429 Å². The molecule has 1 aliphatic rings. The Hall–Kier alpha value is -4.92. The van der Waals surface area contributed by atoms with Crippen molar-refractivity contribution in [3.05, 3.63) is 175 Å². The van der Waals surface area contributed by atoms with Gasteiger partial charge < -0.3 is 18.9 Å². The number of pyridine rings is 2. The zero-order valence-electron chi connectivity index (χ0n) is 44.7. The van der Waals surface area contributed by atoms with Crippen LogP contribution in [0.2, 0.25) is 0 Å². The molecule has 6 aromatic rings. The molecule has 2 heterocycles. The van der Waals surface area contributed by atoms with Gasteiger partial charge in [0, 0.05) is 49.6 Å². The Morgan fingerprint density at radius 3 is 0.857 bits per heavy atom. The second kappa shape index (κ2) is 22.2. The maximum absolute atomic E-state index is 7.17. The first-order chi connectivity index (χ1) is 33.1. The lowest BCUT2D eigenvalue weighted by Crippen LogP contribution is -2.18. The van der Waals surface area contributed by atoms with Crippen LogP contribution in [0.3, 0.4) is 0 Å². The van der Waals surface area contributed by atoms with E-state index in [-0.39, 0.29) is 21.7 Å². The molecule has 372 valence electrons. The molecule has 0 atom stereocenters. The summed E-state index contributed by atoms with van der Waals surface area (Å²) in [6.45, 7) is 29.6. The van der Waals surface area contributed by atoms with Crippen molar-refractivity contribution >= 4 is 23.5 Å². The van der Waals surface area contributed by atoms with Crippen LogP contribution < -0.4 is 18.9 Å². The van der Waals surface area contributed by atoms with Gasteiger partial charge in [0.2, 0.25) is 0 Å². The summed E-state index contributed by atoms with van der Waals surface area (Å²) >= 11 is 3.61. The van der Waals surface area contributed by atoms with Crippen LogP contribution in [0.1, 0.15) is 161 Å². The average molecular weight is 979 g/mol. The minimum atomic E-state index is -0.144. The van der Waals surface area contributed by atoms with Crippen LogP contribution in [-0.4, -0.2) is 47.2 Å². The van der Waals surface area contributed by atoms with E-state index in [1.54, 1.807) is 23.5 Å². The molecule has 2 aromatic heterocycles. The molecule has 4 aromatic carbocycles. The second-order valence-corrected chi connectivity index (χ2v) is 25.1. The SMILES string of the molecule is CSCCOc1c2cc(C(C)(C)C)cc1Cc1cc(C(C)(C)C)cc(c1OCc1ccccn1)Cc1cc(C(C)(C)C)cc(c1OCCSC)Cc1cc(C(C)(C)C)cc(c1OCc1ccccn1)C2. The van der Waals surface area contributed by atoms with Crippen molar-refractivity contribution in [2.24, 2.45) is 0 Å². The highest BCUT2D eigenvalue weighted by Gasteiger charge is 2.30. The van der Waals surface area contributed by atoms with Gasteiger partial charge in [-0.3, -0.25) is 9.97 Å². The standard InChI is InChI=1S/C62H78N2O4S2/c1-59(2,3)49-31-41-27-45-35-51(61(7,8)9)37-47(57(45)67-39-53-19-15-17-21-63-53)29-43-33-50(60(4,5)6)34-44(56(43)66-24-26-70-14)30-48-38-52(62(10,11)12)36-46(28-42(32-49)55(41)65-23-25-69-13)58(48)68-40-54-20-16-18-22-64-54/h15-22,31-38H,23-30,39-40H2,1-14H3. The first-order valence-corrected chi connectivity index (χ1v) is 27.8. The van der Waals surface area contributed by atoms with Crippen LogP contribution >= 0.6 is 23.5 Å². The largest absolute Gasteiger partial charge is 0.492 e. The van der Waals surface area contributed by atoms with Gasteiger partial charge in [0.05, 0.1) is 24.6 Å². The average Bonchev–Trinajstić information content (AvgIpc) is 3.28. The van der Waals surface area contributed by atoms with Gasteiger partial charge in [-0.15, -0.1) is 0 Å². The molecule has 8 heteroatoms. The number of benzene rings is 4. The van der Waals surface area contributed by atoms with Gasteiger partial charge in [-0.1, -0.05) is 144 Å². The molecule has 0 saturated heterocycles. The molecule has 8 bridgehead atoms. The summed E-state index contributed by atoms with van der Waals surface area (Å²) in [5.41, 5.74) is 15.4. The van der Waals surface area contributed by atoms with E-state index in [0.29, 0.717) is 52.1 Å². The first-order valence-electron chi connectivity index (χ1n) is 25.1. The number of hydrogen-bond donors (Lipinski definition) is 0. The number of fused-ring (bicyclic) bond motifs is 8. The van der Waals surface area contributed by atoms with Crippen molar-refractivity contribution in [3.8, 4) is 23.0 Å². The van der Waals surface area contributed by atoms with Gasteiger partial charge in [0.25, 0.3) is 0 Å². The molecule has 0 spiro atoms. The molecule has 0 amide bonds. The molecular formula is C62H78N2O4S2. The molecule has 0 unspecified atom stereocenters. The van der Waals surface area contributed by atoms with E-state index in [9.17, 15) is 0 Å². The van der Waals surface area contributed by atoms with E-state index in [1.807, 2.05) is 48.8 Å². The zero-order chi connectivity index (χ0) is 50.4. The lowest BCUT2D eigenvalue weighted by molar-refractivity contribution is 0.294. The number of thioether (sulfide) groups is 2. The highest BCUT2D eigenvalue weighted by molar-refractivity contribution is 7.98. The predicted molar refractivity (Wildman–Crippen MR) is 297 cm³/mol. The molecule has 0 radical (unpaired) electrons. The predicted octanol–water partition coefficient (Wildman–Crippen LogP) is 15.0. The van der Waals surface area contributed by atoms with E-state index in [0.717, 1.165) is 90.4 Å². The Morgan fingerprint density at radius 1 is 0.386 bits per heavy atom. The molecular weight excluding hydrogens is 901 g/mol. The fourth-order valence-corrected chi connectivity index (χ4v) is 9.58. The molecule has 70 heavy (non-hydrogen) atoms. The fourth-order valence-electron chi connectivity index (χ4n) is 9.08. The van der Waals surface area contributed by atoms with E-state index in [2.05, 4.69) is 144 Å². The van der Waals surface area contributed by atoms with E-state index in [1.165, 1.54) is 22.3 Å². The molecule has 0 fully saturated rings. The van der Waals surface area contributed by atoms with Crippen LogP contribution in [0.5, 0.6) is 23.0 Å². The van der Waals surface area contributed by atoms with Crippen LogP contribution in [0.25, 0.3) is 0 Å². The smallest absolute Gasteiger partial charge is 0.130 e. The number of ether oxygens (including phenoxy) is 4. The van der Waals surface area contributed by atoms with Crippen molar-refractivity contribution in [2.45, 2.75) is 144 Å². The number of nitrogens with zero attached hydrogens (tertiary/aromatic N) is 2. The van der Waals surface area contributed by atoms with Crippen LogP contribution in [0, 0.1) is 0 Å². The maximum Gasteiger partial charge on any atom is 0.130 e.